The van der Waals surface area contributed by atoms with Crippen molar-refractivity contribution in [3.63, 3.8) is 0 Å². The molecule has 21 heavy (non-hydrogen) atoms. The lowest BCUT2D eigenvalue weighted by Crippen LogP contribution is -2.32. The summed E-state index contributed by atoms with van der Waals surface area (Å²) in [4.78, 5) is 40.7. The van der Waals surface area contributed by atoms with Crippen molar-refractivity contribution in [2.45, 2.75) is 45.6 Å². The Kier molecular flexibility index (Phi) is 9.76. The molecule has 0 radical (unpaired) electrons. The highest BCUT2D eigenvalue weighted by atomic mass is 16.4. The molecule has 1 unspecified atom stereocenters. The Hall–Kier alpha value is -2.16. The van der Waals surface area contributed by atoms with Crippen LogP contribution >= 0.6 is 0 Å². The number of carbonyl (C=O) groups is 4. The second-order valence-electron chi connectivity index (χ2n) is 4.41. The maximum Gasteiger partial charge on any atom is 0.321 e. The van der Waals surface area contributed by atoms with Crippen molar-refractivity contribution in [2.24, 2.45) is 11.1 Å². The van der Waals surface area contributed by atoms with E-state index in [0.29, 0.717) is 12.8 Å². The second kappa shape index (κ2) is 9.70. The van der Waals surface area contributed by atoms with Crippen molar-refractivity contribution >= 4 is 23.9 Å². The van der Waals surface area contributed by atoms with Gasteiger partial charge in [0.2, 0.25) is 0 Å². The number of carboxylic acid groups (broad SMARTS) is 4. The van der Waals surface area contributed by atoms with Crippen LogP contribution in [0.5, 0.6) is 0 Å². The van der Waals surface area contributed by atoms with Crippen LogP contribution in [-0.4, -0.2) is 50.3 Å². The van der Waals surface area contributed by atoms with Crippen molar-refractivity contribution in [3.05, 3.63) is 0 Å². The van der Waals surface area contributed by atoms with Gasteiger partial charge in [-0.05, 0) is 12.8 Å². The molecule has 0 rings (SSSR count). The van der Waals surface area contributed by atoms with Crippen LogP contribution in [-0.2, 0) is 19.2 Å². The first-order valence-corrected chi connectivity index (χ1v) is 6.17. The fraction of sp³-hybridized carbons (Fsp3) is 0.667. The molecule has 0 aromatic carbocycles. The summed E-state index contributed by atoms with van der Waals surface area (Å²) in [6.45, 7) is 3.39. The number of rotatable bonds is 8. The molecular weight excluding hydrogens is 286 g/mol. The molecule has 0 fully saturated rings. The normalized spacial score (nSPS) is 11.8. The molecular formula is C12H21NO8. The standard InChI is InChI=1S/C8H14O4.C4H7NO4/c1-3-8(4-2,7(11)12)5-6(9)10;5-2(4(8)9)1-3(6)7/h3-5H2,1-2H3,(H,9,10)(H,11,12);2H,1,5H2,(H,6,7)(H,8,9). The monoisotopic (exact) mass is 307 g/mol. The van der Waals surface area contributed by atoms with Gasteiger partial charge >= 0.3 is 23.9 Å². The fourth-order valence-electron chi connectivity index (χ4n) is 1.44. The number of aliphatic carboxylic acids is 4. The third kappa shape index (κ3) is 8.58. The smallest absolute Gasteiger partial charge is 0.321 e. The summed E-state index contributed by atoms with van der Waals surface area (Å²) in [6.07, 6.45) is -0.124. The van der Waals surface area contributed by atoms with Gasteiger partial charge in [0.1, 0.15) is 6.04 Å². The van der Waals surface area contributed by atoms with Crippen molar-refractivity contribution in [3.8, 4) is 0 Å². The molecule has 0 bridgehead atoms. The summed E-state index contributed by atoms with van der Waals surface area (Å²) >= 11 is 0. The lowest BCUT2D eigenvalue weighted by Gasteiger charge is -2.24. The third-order valence-corrected chi connectivity index (χ3v) is 3.01. The van der Waals surface area contributed by atoms with Gasteiger partial charge in [-0.3, -0.25) is 19.2 Å². The molecule has 1 atom stereocenters. The van der Waals surface area contributed by atoms with E-state index in [-0.39, 0.29) is 6.42 Å². The zero-order valence-electron chi connectivity index (χ0n) is 11.9. The average molecular weight is 307 g/mol. The topological polar surface area (TPSA) is 175 Å². The highest BCUT2D eigenvalue weighted by Crippen LogP contribution is 2.30. The predicted molar refractivity (Wildman–Crippen MR) is 70.8 cm³/mol. The van der Waals surface area contributed by atoms with Gasteiger partial charge in [0, 0.05) is 0 Å². The van der Waals surface area contributed by atoms with E-state index < -0.39 is 41.8 Å². The minimum absolute atomic E-state index is 0.296. The van der Waals surface area contributed by atoms with E-state index in [0.717, 1.165) is 0 Å². The predicted octanol–water partition coefficient (Wildman–Crippen LogP) is 0.225. The Labute approximate surface area is 121 Å². The van der Waals surface area contributed by atoms with Gasteiger partial charge in [-0.25, -0.2) is 0 Å². The van der Waals surface area contributed by atoms with Crippen molar-refractivity contribution in [2.75, 3.05) is 0 Å². The molecule has 0 heterocycles. The Morgan fingerprint density at radius 2 is 1.38 bits per heavy atom. The molecule has 0 amide bonds. The molecule has 9 nitrogen and oxygen atoms in total. The van der Waals surface area contributed by atoms with Crippen LogP contribution in [0.2, 0.25) is 0 Å². The lowest BCUT2D eigenvalue weighted by molar-refractivity contribution is -0.156. The summed E-state index contributed by atoms with van der Waals surface area (Å²) < 4.78 is 0. The zero-order valence-corrected chi connectivity index (χ0v) is 11.9. The van der Waals surface area contributed by atoms with E-state index in [1.165, 1.54) is 0 Å². The van der Waals surface area contributed by atoms with Gasteiger partial charge in [0.05, 0.1) is 18.3 Å². The lowest BCUT2D eigenvalue weighted by atomic mass is 9.79. The van der Waals surface area contributed by atoms with Gasteiger partial charge in [-0.2, -0.15) is 0 Å². The molecule has 122 valence electrons. The molecule has 0 aliphatic heterocycles. The SMILES string of the molecule is CCC(CC)(CC(=O)O)C(=O)O.NC(CC(=O)O)C(=O)O. The summed E-state index contributed by atoms with van der Waals surface area (Å²) in [5.41, 5.74) is 3.76. The summed E-state index contributed by atoms with van der Waals surface area (Å²) in [6, 6.07) is -1.29. The molecule has 6 N–H and O–H groups in total. The summed E-state index contributed by atoms with van der Waals surface area (Å²) in [5.74, 6) is -4.57. The Bertz CT molecular complexity index is 389. The van der Waals surface area contributed by atoms with Crippen LogP contribution in [0.4, 0.5) is 0 Å². The van der Waals surface area contributed by atoms with Crippen LogP contribution < -0.4 is 5.73 Å². The molecule has 9 heteroatoms. The van der Waals surface area contributed by atoms with Crippen LogP contribution in [0.15, 0.2) is 0 Å². The van der Waals surface area contributed by atoms with Gasteiger partial charge < -0.3 is 26.2 Å². The summed E-state index contributed by atoms with van der Waals surface area (Å²) in [5, 5.41) is 33.3. The van der Waals surface area contributed by atoms with E-state index in [1.807, 2.05) is 0 Å². The highest BCUT2D eigenvalue weighted by Gasteiger charge is 2.36. The fourth-order valence-corrected chi connectivity index (χ4v) is 1.44. The largest absolute Gasteiger partial charge is 0.481 e. The van der Waals surface area contributed by atoms with Gasteiger partial charge in [-0.15, -0.1) is 0 Å². The Morgan fingerprint density at radius 1 is 0.952 bits per heavy atom. The first-order valence-electron chi connectivity index (χ1n) is 6.17. The quantitative estimate of drug-likeness (QED) is 0.420. The first-order chi connectivity index (χ1) is 9.52. The van der Waals surface area contributed by atoms with Gasteiger partial charge in [0.15, 0.2) is 0 Å². The Balaban J connectivity index is 0. The molecule has 0 spiro atoms. The second-order valence-corrected chi connectivity index (χ2v) is 4.41. The van der Waals surface area contributed by atoms with Gasteiger partial charge in [0.25, 0.3) is 0 Å². The first kappa shape index (κ1) is 21.1. The van der Waals surface area contributed by atoms with Crippen LogP contribution in [0.1, 0.15) is 39.5 Å². The maximum absolute atomic E-state index is 10.8. The highest BCUT2D eigenvalue weighted by molar-refractivity contribution is 5.81. The molecule has 0 aromatic rings. The molecule has 0 aromatic heterocycles. The van der Waals surface area contributed by atoms with E-state index in [2.05, 4.69) is 0 Å². The van der Waals surface area contributed by atoms with Crippen LogP contribution in [0.25, 0.3) is 0 Å². The van der Waals surface area contributed by atoms with E-state index in [9.17, 15) is 19.2 Å². The molecule has 0 saturated heterocycles. The minimum Gasteiger partial charge on any atom is -0.481 e. The third-order valence-electron chi connectivity index (χ3n) is 3.01. The number of hydrogen-bond donors (Lipinski definition) is 5. The van der Waals surface area contributed by atoms with E-state index >= 15 is 0 Å². The number of nitrogens with two attached hydrogens (primary N) is 1. The van der Waals surface area contributed by atoms with Crippen LogP contribution in [0.3, 0.4) is 0 Å². The number of hydrogen-bond acceptors (Lipinski definition) is 5. The minimum atomic E-state index is -1.29. The molecule has 0 aliphatic carbocycles. The Morgan fingerprint density at radius 3 is 1.48 bits per heavy atom. The average Bonchev–Trinajstić information content (AvgIpc) is 2.35. The van der Waals surface area contributed by atoms with E-state index in [4.69, 9.17) is 26.2 Å². The van der Waals surface area contributed by atoms with Crippen molar-refractivity contribution in [1.82, 2.24) is 0 Å². The van der Waals surface area contributed by atoms with Crippen molar-refractivity contribution < 1.29 is 39.6 Å². The maximum atomic E-state index is 10.8. The summed E-state index contributed by atoms with van der Waals surface area (Å²) in [7, 11) is 0. The molecule has 0 aliphatic rings. The molecule has 0 saturated carbocycles. The van der Waals surface area contributed by atoms with E-state index in [1.54, 1.807) is 13.8 Å². The zero-order chi connectivity index (χ0) is 17.2. The van der Waals surface area contributed by atoms with Crippen molar-refractivity contribution in [1.29, 1.82) is 0 Å². The number of carboxylic acids is 4. The van der Waals surface area contributed by atoms with Gasteiger partial charge in [-0.1, -0.05) is 13.8 Å². The van der Waals surface area contributed by atoms with Crippen LogP contribution in [0, 0.1) is 5.41 Å².